The Balaban J connectivity index is 1.81. The van der Waals surface area contributed by atoms with Gasteiger partial charge in [0.2, 0.25) is 11.8 Å². The maximum atomic E-state index is 15.0. The van der Waals surface area contributed by atoms with Crippen LogP contribution in [0.3, 0.4) is 0 Å². The third kappa shape index (κ3) is 8.71. The molecule has 4 aromatic carbocycles. The van der Waals surface area contributed by atoms with Crippen molar-refractivity contribution in [3.63, 3.8) is 0 Å². The fraction of sp³-hybridized carbons (Fsp3) is 0.257. The molecule has 0 aromatic heterocycles. The van der Waals surface area contributed by atoms with Crippen molar-refractivity contribution in [3.05, 3.63) is 131 Å². The summed E-state index contributed by atoms with van der Waals surface area (Å²) in [5.74, 6) is -1.48. The van der Waals surface area contributed by atoms with Gasteiger partial charge in [0, 0.05) is 30.1 Å². The van der Waals surface area contributed by atoms with E-state index in [1.807, 2.05) is 44.2 Å². The first kappa shape index (κ1) is 33.7. The summed E-state index contributed by atoms with van der Waals surface area (Å²) in [6.45, 7) is 5.14. The molecule has 0 heterocycles. The molecule has 0 aliphatic heterocycles. The van der Waals surface area contributed by atoms with Gasteiger partial charge >= 0.3 is 0 Å². The third-order valence-electron chi connectivity index (χ3n) is 7.32. The lowest BCUT2D eigenvalue weighted by Gasteiger charge is -2.34. The number of aryl methyl sites for hydroxylation is 1. The van der Waals surface area contributed by atoms with Crippen molar-refractivity contribution in [2.75, 3.05) is 17.4 Å². The number of amides is 2. The summed E-state index contributed by atoms with van der Waals surface area (Å²) >= 11 is 6.04. The van der Waals surface area contributed by atoms with Crippen LogP contribution >= 0.6 is 11.6 Å². The van der Waals surface area contributed by atoms with Crippen LogP contribution in [0, 0.1) is 18.7 Å². The molecule has 10 heteroatoms. The Kier molecular flexibility index (Phi) is 11.4. The van der Waals surface area contributed by atoms with Crippen LogP contribution in [0.5, 0.6) is 0 Å². The number of sulfonamides is 1. The van der Waals surface area contributed by atoms with E-state index < -0.39 is 40.2 Å². The first-order valence-corrected chi connectivity index (χ1v) is 16.5. The second-order valence-electron chi connectivity index (χ2n) is 11.2. The van der Waals surface area contributed by atoms with E-state index in [1.54, 1.807) is 49.4 Å². The molecule has 0 saturated heterocycles. The Bertz CT molecular complexity index is 1720. The number of nitrogens with zero attached hydrogens (tertiary/aromatic N) is 2. The number of anilines is 1. The smallest absolute Gasteiger partial charge is 0.264 e. The van der Waals surface area contributed by atoms with E-state index in [-0.39, 0.29) is 29.3 Å². The molecule has 4 rings (SSSR count). The lowest BCUT2D eigenvalue weighted by molar-refractivity contribution is -0.140. The molecule has 2 amide bonds. The molecule has 0 spiro atoms. The minimum Gasteiger partial charge on any atom is -0.354 e. The number of carbonyl (C=O) groups is 2. The fourth-order valence-electron chi connectivity index (χ4n) is 4.88. The van der Waals surface area contributed by atoms with Gasteiger partial charge < -0.3 is 10.2 Å². The highest BCUT2D eigenvalue weighted by molar-refractivity contribution is 7.92. The normalized spacial score (nSPS) is 12.0. The molecule has 0 radical (unpaired) electrons. The van der Waals surface area contributed by atoms with E-state index in [0.29, 0.717) is 22.8 Å². The predicted octanol–water partition coefficient (Wildman–Crippen LogP) is 6.40. The Hall–Kier alpha value is -4.21. The van der Waals surface area contributed by atoms with Gasteiger partial charge in [-0.25, -0.2) is 12.8 Å². The number of rotatable bonds is 13. The standard InChI is InChI=1S/C35H37ClFN3O4S/c1-25(2)22-38-35(42)33(21-27-12-5-4-6-13-27)39(23-28-14-8-9-15-31(28)37)34(41)24-40(32-16-10-7-11-26(32)3)45(43,44)30-19-17-29(36)18-20-30/h4-20,25,33H,21-24H2,1-3H3,(H,38,42)/t33-/m0/s1. The Labute approximate surface area is 269 Å². The molecule has 0 fully saturated rings. The third-order valence-corrected chi connectivity index (χ3v) is 9.34. The van der Waals surface area contributed by atoms with Crippen molar-refractivity contribution in [1.82, 2.24) is 10.2 Å². The first-order valence-electron chi connectivity index (χ1n) is 14.7. The highest BCUT2D eigenvalue weighted by Crippen LogP contribution is 2.28. The number of para-hydroxylation sites is 1. The van der Waals surface area contributed by atoms with Crippen LogP contribution in [0.2, 0.25) is 5.02 Å². The summed E-state index contributed by atoms with van der Waals surface area (Å²) in [7, 11) is -4.28. The van der Waals surface area contributed by atoms with Gasteiger partial charge in [-0.1, -0.05) is 92.2 Å². The van der Waals surface area contributed by atoms with Gasteiger partial charge in [0.1, 0.15) is 18.4 Å². The van der Waals surface area contributed by atoms with E-state index in [4.69, 9.17) is 11.6 Å². The van der Waals surface area contributed by atoms with Crippen molar-refractivity contribution in [1.29, 1.82) is 0 Å². The van der Waals surface area contributed by atoms with Crippen LogP contribution in [0.1, 0.15) is 30.5 Å². The van der Waals surface area contributed by atoms with E-state index >= 15 is 4.39 Å². The zero-order valence-electron chi connectivity index (χ0n) is 25.5. The fourth-order valence-corrected chi connectivity index (χ4v) is 6.48. The lowest BCUT2D eigenvalue weighted by atomic mass is 10.0. The lowest BCUT2D eigenvalue weighted by Crippen LogP contribution is -2.54. The molecular formula is C35H37ClFN3O4S. The van der Waals surface area contributed by atoms with Gasteiger partial charge in [-0.05, 0) is 60.4 Å². The van der Waals surface area contributed by atoms with E-state index in [0.717, 1.165) is 9.87 Å². The summed E-state index contributed by atoms with van der Waals surface area (Å²) in [6, 6.07) is 26.7. The van der Waals surface area contributed by atoms with Crippen molar-refractivity contribution >= 4 is 39.1 Å². The highest BCUT2D eigenvalue weighted by atomic mass is 35.5. The van der Waals surface area contributed by atoms with Gasteiger partial charge in [0.25, 0.3) is 10.0 Å². The zero-order chi connectivity index (χ0) is 32.6. The average molecular weight is 650 g/mol. The molecule has 236 valence electrons. The average Bonchev–Trinajstić information content (AvgIpc) is 3.02. The maximum absolute atomic E-state index is 15.0. The molecular weight excluding hydrogens is 613 g/mol. The first-order chi connectivity index (χ1) is 21.5. The van der Waals surface area contributed by atoms with Crippen molar-refractivity contribution in [2.45, 2.75) is 44.7 Å². The second-order valence-corrected chi connectivity index (χ2v) is 13.5. The number of hydrogen-bond donors (Lipinski definition) is 1. The number of nitrogens with one attached hydrogen (secondary N) is 1. The van der Waals surface area contributed by atoms with Crippen molar-refractivity contribution < 1.29 is 22.4 Å². The molecule has 0 unspecified atom stereocenters. The monoisotopic (exact) mass is 649 g/mol. The molecule has 0 bridgehead atoms. The van der Waals surface area contributed by atoms with Crippen LogP contribution in [0.4, 0.5) is 10.1 Å². The quantitative estimate of drug-likeness (QED) is 0.182. The van der Waals surface area contributed by atoms with Crippen LogP contribution in [-0.4, -0.2) is 44.3 Å². The SMILES string of the molecule is Cc1ccccc1N(CC(=O)N(Cc1ccccc1F)[C@@H](Cc1ccccc1)C(=O)NCC(C)C)S(=O)(=O)c1ccc(Cl)cc1. The molecule has 0 aliphatic carbocycles. The molecule has 7 nitrogen and oxygen atoms in total. The number of carbonyl (C=O) groups excluding carboxylic acids is 2. The molecule has 45 heavy (non-hydrogen) atoms. The van der Waals surface area contributed by atoms with Gasteiger partial charge in [-0.2, -0.15) is 0 Å². The number of hydrogen-bond acceptors (Lipinski definition) is 4. The molecule has 0 aliphatic rings. The molecule has 4 aromatic rings. The van der Waals surface area contributed by atoms with Gasteiger partial charge in [0.05, 0.1) is 10.6 Å². The highest BCUT2D eigenvalue weighted by Gasteiger charge is 2.35. The van der Waals surface area contributed by atoms with Crippen LogP contribution in [0.15, 0.2) is 108 Å². The number of halogens is 2. The predicted molar refractivity (Wildman–Crippen MR) is 176 cm³/mol. The van der Waals surface area contributed by atoms with E-state index in [2.05, 4.69) is 5.32 Å². The van der Waals surface area contributed by atoms with E-state index in [1.165, 1.54) is 35.2 Å². The largest absolute Gasteiger partial charge is 0.354 e. The van der Waals surface area contributed by atoms with Crippen LogP contribution in [0.25, 0.3) is 0 Å². The van der Waals surface area contributed by atoms with Crippen molar-refractivity contribution in [3.8, 4) is 0 Å². The molecule has 1 N–H and O–H groups in total. The van der Waals surface area contributed by atoms with Gasteiger partial charge in [-0.15, -0.1) is 0 Å². The zero-order valence-corrected chi connectivity index (χ0v) is 27.1. The second kappa shape index (κ2) is 15.2. The summed E-state index contributed by atoms with van der Waals surface area (Å²) in [6.07, 6.45) is 0.138. The summed E-state index contributed by atoms with van der Waals surface area (Å²) in [4.78, 5) is 29.5. The molecule has 0 saturated carbocycles. The van der Waals surface area contributed by atoms with E-state index in [9.17, 15) is 18.0 Å². The van der Waals surface area contributed by atoms with Crippen LogP contribution < -0.4 is 9.62 Å². The van der Waals surface area contributed by atoms with Gasteiger partial charge in [-0.3, -0.25) is 13.9 Å². The van der Waals surface area contributed by atoms with Crippen molar-refractivity contribution in [2.24, 2.45) is 5.92 Å². The molecule has 1 atom stereocenters. The summed E-state index contributed by atoms with van der Waals surface area (Å²) in [5.41, 5.74) is 1.91. The topological polar surface area (TPSA) is 86.8 Å². The van der Waals surface area contributed by atoms with Crippen LogP contribution in [-0.2, 0) is 32.6 Å². The Morgan fingerprint density at radius 3 is 2.13 bits per heavy atom. The maximum Gasteiger partial charge on any atom is 0.264 e. The summed E-state index contributed by atoms with van der Waals surface area (Å²) < 4.78 is 44.3. The number of benzene rings is 4. The Morgan fingerprint density at radius 1 is 0.867 bits per heavy atom. The minimum absolute atomic E-state index is 0.0564. The summed E-state index contributed by atoms with van der Waals surface area (Å²) in [5, 5.41) is 3.28. The van der Waals surface area contributed by atoms with Gasteiger partial charge in [0.15, 0.2) is 0 Å². The Morgan fingerprint density at radius 2 is 1.49 bits per heavy atom. The minimum atomic E-state index is -4.28.